The van der Waals surface area contributed by atoms with Crippen molar-refractivity contribution < 1.29 is 4.79 Å². The summed E-state index contributed by atoms with van der Waals surface area (Å²) in [6.45, 7) is 3.88. The molecular formula is C21H18BrN5O2. The van der Waals surface area contributed by atoms with Crippen molar-refractivity contribution in [3.05, 3.63) is 80.9 Å². The molecule has 0 aliphatic rings. The normalized spacial score (nSPS) is 11.0. The van der Waals surface area contributed by atoms with Gasteiger partial charge in [0.2, 0.25) is 5.91 Å². The summed E-state index contributed by atoms with van der Waals surface area (Å²) in [4.78, 5) is 29.5. The lowest BCUT2D eigenvalue weighted by atomic mass is 10.1. The monoisotopic (exact) mass is 451 g/mol. The fraction of sp³-hybridized carbons (Fsp3) is 0.143. The minimum atomic E-state index is -0.309. The van der Waals surface area contributed by atoms with Crippen molar-refractivity contribution >= 4 is 38.6 Å². The van der Waals surface area contributed by atoms with Crippen LogP contribution in [-0.2, 0) is 11.3 Å². The molecule has 8 heteroatoms. The molecule has 0 aliphatic heterocycles. The van der Waals surface area contributed by atoms with Gasteiger partial charge in [0.05, 0.1) is 11.9 Å². The van der Waals surface area contributed by atoms with Gasteiger partial charge in [0.1, 0.15) is 18.3 Å². The summed E-state index contributed by atoms with van der Waals surface area (Å²) < 4.78 is 3.84. The Morgan fingerprint density at radius 2 is 1.79 bits per heavy atom. The van der Waals surface area contributed by atoms with E-state index in [0.29, 0.717) is 16.7 Å². The van der Waals surface area contributed by atoms with Gasteiger partial charge in [-0.3, -0.25) is 14.2 Å². The Hall–Kier alpha value is -3.26. The van der Waals surface area contributed by atoms with Crippen molar-refractivity contribution in [1.29, 1.82) is 0 Å². The number of rotatable bonds is 4. The molecule has 29 heavy (non-hydrogen) atoms. The molecule has 0 saturated carbocycles. The molecule has 0 spiro atoms. The number of hydrogen-bond acceptors (Lipinski definition) is 4. The number of carbonyl (C=O) groups excluding carboxylic acids is 1. The second-order valence-electron chi connectivity index (χ2n) is 6.87. The first-order chi connectivity index (χ1) is 13.9. The summed E-state index contributed by atoms with van der Waals surface area (Å²) in [5.41, 5.74) is 3.85. The lowest BCUT2D eigenvalue weighted by Gasteiger charge is -2.08. The summed E-state index contributed by atoms with van der Waals surface area (Å²) in [5.74, 6) is -0.308. The molecule has 0 aliphatic carbocycles. The number of carbonyl (C=O) groups is 1. The van der Waals surface area contributed by atoms with Gasteiger partial charge in [-0.1, -0.05) is 22.0 Å². The van der Waals surface area contributed by atoms with E-state index in [2.05, 4.69) is 37.4 Å². The highest BCUT2D eigenvalue weighted by molar-refractivity contribution is 9.10. The molecule has 1 amide bonds. The molecule has 4 rings (SSSR count). The van der Waals surface area contributed by atoms with Gasteiger partial charge in [-0.2, -0.15) is 5.10 Å². The number of nitrogens with one attached hydrogen (secondary N) is 1. The van der Waals surface area contributed by atoms with Crippen molar-refractivity contribution in [3.63, 3.8) is 0 Å². The highest BCUT2D eigenvalue weighted by atomic mass is 79.9. The van der Waals surface area contributed by atoms with E-state index < -0.39 is 0 Å². The molecule has 0 fully saturated rings. The van der Waals surface area contributed by atoms with Crippen LogP contribution in [0.15, 0.2) is 64.3 Å². The predicted molar refractivity (Wildman–Crippen MR) is 115 cm³/mol. The molecule has 2 aromatic heterocycles. The number of benzene rings is 2. The van der Waals surface area contributed by atoms with Crippen molar-refractivity contribution in [2.45, 2.75) is 20.4 Å². The zero-order chi connectivity index (χ0) is 20.5. The first kappa shape index (κ1) is 19.1. The van der Waals surface area contributed by atoms with Gasteiger partial charge < -0.3 is 5.32 Å². The van der Waals surface area contributed by atoms with E-state index in [1.165, 1.54) is 17.1 Å². The van der Waals surface area contributed by atoms with Crippen LogP contribution in [0.2, 0.25) is 0 Å². The molecule has 0 atom stereocenters. The van der Waals surface area contributed by atoms with E-state index in [9.17, 15) is 9.59 Å². The van der Waals surface area contributed by atoms with Crippen LogP contribution in [0, 0.1) is 13.8 Å². The third-order valence-corrected chi connectivity index (χ3v) is 4.98. The Morgan fingerprint density at radius 1 is 1.10 bits per heavy atom. The van der Waals surface area contributed by atoms with E-state index in [-0.39, 0.29) is 18.0 Å². The molecule has 2 aromatic carbocycles. The molecule has 7 nitrogen and oxygen atoms in total. The molecule has 0 bridgehead atoms. The highest BCUT2D eigenvalue weighted by Crippen LogP contribution is 2.17. The summed E-state index contributed by atoms with van der Waals surface area (Å²) in [5, 5.41) is 7.47. The number of aromatic nitrogens is 4. The minimum absolute atomic E-state index is 0.132. The quantitative estimate of drug-likeness (QED) is 0.513. The standard InChI is InChI=1S/C21H18BrN5O2/c1-13-7-14(2)9-17(8-13)27-20-18(10-24-27)21(29)26(12-23-20)11-19(28)25-16-5-3-15(22)4-6-16/h3-10,12H,11H2,1-2H3,(H,25,28). The molecule has 146 valence electrons. The van der Waals surface area contributed by atoms with E-state index in [1.807, 2.05) is 38.1 Å². The number of halogens is 1. The zero-order valence-electron chi connectivity index (χ0n) is 15.9. The van der Waals surface area contributed by atoms with E-state index in [1.54, 1.807) is 16.8 Å². The molecule has 0 radical (unpaired) electrons. The lowest BCUT2D eigenvalue weighted by molar-refractivity contribution is -0.116. The fourth-order valence-corrected chi connectivity index (χ4v) is 3.48. The van der Waals surface area contributed by atoms with Crippen molar-refractivity contribution in [2.75, 3.05) is 5.32 Å². The van der Waals surface area contributed by atoms with Crippen molar-refractivity contribution in [2.24, 2.45) is 0 Å². The molecule has 1 N–H and O–H groups in total. The fourth-order valence-electron chi connectivity index (χ4n) is 3.21. The van der Waals surface area contributed by atoms with Crippen LogP contribution < -0.4 is 10.9 Å². The number of anilines is 1. The predicted octanol–water partition coefficient (Wildman–Crippen LogP) is 3.60. The van der Waals surface area contributed by atoms with Gasteiger partial charge in [0.25, 0.3) is 5.56 Å². The topological polar surface area (TPSA) is 81.8 Å². The molecular weight excluding hydrogens is 434 g/mol. The minimum Gasteiger partial charge on any atom is -0.325 e. The maximum absolute atomic E-state index is 12.8. The summed E-state index contributed by atoms with van der Waals surface area (Å²) in [6.07, 6.45) is 2.87. The van der Waals surface area contributed by atoms with E-state index in [0.717, 1.165) is 21.3 Å². The Morgan fingerprint density at radius 3 is 2.48 bits per heavy atom. The Bertz CT molecular complexity index is 1250. The largest absolute Gasteiger partial charge is 0.325 e. The Kier molecular flexibility index (Phi) is 5.02. The SMILES string of the molecule is Cc1cc(C)cc(-n2ncc3c(=O)n(CC(=O)Nc4ccc(Br)cc4)cnc32)c1. The van der Waals surface area contributed by atoms with Gasteiger partial charge >= 0.3 is 0 Å². The van der Waals surface area contributed by atoms with Crippen LogP contribution in [0.3, 0.4) is 0 Å². The van der Waals surface area contributed by atoms with Crippen LogP contribution in [0.5, 0.6) is 0 Å². The second kappa shape index (κ2) is 7.63. The first-order valence-electron chi connectivity index (χ1n) is 8.98. The smallest absolute Gasteiger partial charge is 0.264 e. The zero-order valence-corrected chi connectivity index (χ0v) is 17.5. The number of amides is 1. The first-order valence-corrected chi connectivity index (χ1v) is 9.77. The Balaban J connectivity index is 1.62. The van der Waals surface area contributed by atoms with Crippen LogP contribution in [0.25, 0.3) is 16.7 Å². The highest BCUT2D eigenvalue weighted by Gasteiger charge is 2.14. The molecule has 0 saturated heterocycles. The van der Waals surface area contributed by atoms with Crippen LogP contribution in [0.1, 0.15) is 11.1 Å². The van der Waals surface area contributed by atoms with Crippen molar-refractivity contribution in [1.82, 2.24) is 19.3 Å². The third-order valence-electron chi connectivity index (χ3n) is 4.45. The summed E-state index contributed by atoms with van der Waals surface area (Å²) in [7, 11) is 0. The number of nitrogens with zero attached hydrogens (tertiary/aromatic N) is 4. The maximum atomic E-state index is 12.8. The van der Waals surface area contributed by atoms with Gasteiger partial charge in [-0.15, -0.1) is 0 Å². The number of aryl methyl sites for hydroxylation is 2. The van der Waals surface area contributed by atoms with Crippen molar-refractivity contribution in [3.8, 4) is 5.69 Å². The summed E-state index contributed by atoms with van der Waals surface area (Å²) in [6, 6.07) is 13.3. The van der Waals surface area contributed by atoms with Gasteiger partial charge in [0, 0.05) is 10.2 Å². The third kappa shape index (κ3) is 3.97. The Labute approximate surface area is 175 Å². The second-order valence-corrected chi connectivity index (χ2v) is 7.79. The van der Waals surface area contributed by atoms with Crippen LogP contribution >= 0.6 is 15.9 Å². The molecule has 4 aromatic rings. The van der Waals surface area contributed by atoms with E-state index >= 15 is 0 Å². The number of hydrogen-bond donors (Lipinski definition) is 1. The van der Waals surface area contributed by atoms with E-state index in [4.69, 9.17) is 0 Å². The average molecular weight is 452 g/mol. The van der Waals surface area contributed by atoms with Crippen LogP contribution in [-0.4, -0.2) is 25.2 Å². The average Bonchev–Trinajstić information content (AvgIpc) is 3.10. The van der Waals surface area contributed by atoms with Gasteiger partial charge in [0.15, 0.2) is 5.65 Å². The molecule has 2 heterocycles. The maximum Gasteiger partial charge on any atom is 0.264 e. The summed E-state index contributed by atoms with van der Waals surface area (Å²) >= 11 is 3.35. The molecule has 0 unspecified atom stereocenters. The van der Waals surface area contributed by atoms with Crippen LogP contribution in [0.4, 0.5) is 5.69 Å². The van der Waals surface area contributed by atoms with Gasteiger partial charge in [-0.25, -0.2) is 9.67 Å². The van der Waals surface area contributed by atoms with Gasteiger partial charge in [-0.05, 0) is 61.4 Å². The lowest BCUT2D eigenvalue weighted by Crippen LogP contribution is -2.27. The number of fused-ring (bicyclic) bond motifs is 1.